The Bertz CT molecular complexity index is 1210. The molecule has 10 heteroatoms. The van der Waals surface area contributed by atoms with Crippen molar-refractivity contribution >= 4 is 17.7 Å². The molecule has 2 amide bonds. The summed E-state index contributed by atoms with van der Waals surface area (Å²) in [6, 6.07) is 11.6. The summed E-state index contributed by atoms with van der Waals surface area (Å²) in [4.78, 5) is 43.3. The van der Waals surface area contributed by atoms with Gasteiger partial charge in [-0.05, 0) is 68.8 Å². The molecule has 1 aromatic carbocycles. The fraction of sp³-hybridized carbons (Fsp3) is 0.448. The predicted molar refractivity (Wildman–Crippen MR) is 146 cm³/mol. The van der Waals surface area contributed by atoms with E-state index in [1.807, 2.05) is 24.3 Å². The average molecular weight is 533 g/mol. The van der Waals surface area contributed by atoms with Gasteiger partial charge in [0.2, 0.25) is 5.88 Å². The van der Waals surface area contributed by atoms with Gasteiger partial charge in [0.15, 0.2) is 0 Å². The van der Waals surface area contributed by atoms with Gasteiger partial charge in [0, 0.05) is 43.5 Å². The quantitative estimate of drug-likeness (QED) is 0.463. The Morgan fingerprint density at radius 1 is 1.03 bits per heavy atom. The lowest BCUT2D eigenvalue weighted by atomic mass is 9.98. The Labute approximate surface area is 228 Å². The van der Waals surface area contributed by atoms with Crippen LogP contribution in [0.25, 0.3) is 0 Å². The van der Waals surface area contributed by atoms with Crippen LogP contribution < -0.4 is 14.9 Å². The maximum atomic E-state index is 12.7. The molecular weight excluding hydrogens is 496 g/mol. The number of carbonyl (C=O) groups excluding carboxylic acids is 2. The highest BCUT2D eigenvalue weighted by Gasteiger charge is 2.25. The third kappa shape index (κ3) is 7.35. The number of aromatic nitrogens is 3. The lowest BCUT2D eigenvalue weighted by molar-refractivity contribution is 0.0540. The summed E-state index contributed by atoms with van der Waals surface area (Å²) in [6.07, 6.45) is 11.6. The Balaban J connectivity index is 1.05. The molecule has 0 bridgehead atoms. The number of hydrogen-bond acceptors (Lipinski definition) is 7. The second-order valence-corrected chi connectivity index (χ2v) is 10.4. The highest BCUT2D eigenvalue weighted by Crippen LogP contribution is 2.21. The molecule has 2 saturated heterocycles. The molecule has 1 unspecified atom stereocenters. The van der Waals surface area contributed by atoms with Crippen LogP contribution in [0.5, 0.6) is 5.88 Å². The smallest absolute Gasteiger partial charge is 0.413 e. The topological polar surface area (TPSA) is 102 Å². The lowest BCUT2D eigenvalue weighted by Gasteiger charge is -2.33. The van der Waals surface area contributed by atoms with E-state index in [0.717, 1.165) is 25.9 Å². The predicted octanol–water partition coefficient (Wildman–Crippen LogP) is 4.24. The van der Waals surface area contributed by atoms with Crippen LogP contribution in [0.15, 0.2) is 61.3 Å². The van der Waals surface area contributed by atoms with Crippen LogP contribution in [0.2, 0.25) is 0 Å². The van der Waals surface area contributed by atoms with Crippen molar-refractivity contribution in [2.45, 2.75) is 51.6 Å². The van der Waals surface area contributed by atoms with Gasteiger partial charge in [-0.2, -0.15) is 4.73 Å². The van der Waals surface area contributed by atoms with Crippen LogP contribution in [0.4, 0.5) is 10.5 Å². The fourth-order valence-electron chi connectivity index (χ4n) is 5.06. The number of nitrogens with one attached hydrogen (secondary N) is 1. The first kappa shape index (κ1) is 26.7. The van der Waals surface area contributed by atoms with Gasteiger partial charge in [-0.1, -0.05) is 18.6 Å². The molecule has 2 aromatic heterocycles. The zero-order valence-corrected chi connectivity index (χ0v) is 22.4. The number of nitrogens with zero attached hydrogens (tertiary/aromatic N) is 5. The largest absolute Gasteiger partial charge is 0.416 e. The molecule has 2 fully saturated rings. The monoisotopic (exact) mass is 532 g/mol. The number of imidazole rings is 1. The number of amides is 2. The van der Waals surface area contributed by atoms with E-state index in [4.69, 9.17) is 9.57 Å². The number of carbonyl (C=O) groups is 2. The van der Waals surface area contributed by atoms with Crippen LogP contribution in [0.3, 0.4) is 0 Å². The summed E-state index contributed by atoms with van der Waals surface area (Å²) in [6.45, 7) is 6.10. The van der Waals surface area contributed by atoms with Gasteiger partial charge >= 0.3 is 6.09 Å². The van der Waals surface area contributed by atoms with E-state index in [2.05, 4.69) is 27.1 Å². The van der Waals surface area contributed by atoms with Crippen molar-refractivity contribution in [1.82, 2.24) is 24.5 Å². The van der Waals surface area contributed by atoms with Gasteiger partial charge in [0.05, 0.1) is 18.1 Å². The van der Waals surface area contributed by atoms with Crippen LogP contribution >= 0.6 is 0 Å². The van der Waals surface area contributed by atoms with E-state index in [-0.39, 0.29) is 11.8 Å². The lowest BCUT2D eigenvalue weighted by Crippen LogP contribution is -2.41. The maximum absolute atomic E-state index is 12.7. The second kappa shape index (κ2) is 12.8. The first-order valence-electron chi connectivity index (χ1n) is 13.7. The normalized spacial score (nSPS) is 18.5. The molecule has 0 aliphatic carbocycles. The Morgan fingerprint density at radius 2 is 1.85 bits per heavy atom. The fourth-order valence-corrected chi connectivity index (χ4v) is 5.06. The van der Waals surface area contributed by atoms with Crippen molar-refractivity contribution in [3.05, 3.63) is 72.4 Å². The molecule has 2 aliphatic heterocycles. The number of anilines is 1. The number of pyridine rings is 1. The van der Waals surface area contributed by atoms with Gasteiger partial charge < -0.3 is 19.8 Å². The molecule has 1 atom stereocenters. The van der Waals surface area contributed by atoms with Gasteiger partial charge in [0.1, 0.15) is 12.9 Å². The molecule has 3 aromatic rings. The summed E-state index contributed by atoms with van der Waals surface area (Å²) in [5, 5.41) is 2.86. The van der Waals surface area contributed by atoms with E-state index in [9.17, 15) is 9.59 Å². The van der Waals surface area contributed by atoms with Crippen molar-refractivity contribution in [3.8, 4) is 5.88 Å². The molecule has 39 heavy (non-hydrogen) atoms. The highest BCUT2D eigenvalue weighted by atomic mass is 16.7. The van der Waals surface area contributed by atoms with Crippen LogP contribution in [-0.2, 0) is 6.54 Å². The Morgan fingerprint density at radius 3 is 2.54 bits per heavy atom. The first-order valence-corrected chi connectivity index (χ1v) is 13.7. The SMILES string of the molecule is CC1CCCCN1Cc1ccc(C(=O)Nc2ccc(OC(=O)N3CCC(COn4ccnc4)CC3)nc2)cc1. The minimum atomic E-state index is -0.424. The van der Waals surface area contributed by atoms with Crippen molar-refractivity contribution < 1.29 is 19.2 Å². The maximum Gasteiger partial charge on any atom is 0.416 e. The molecule has 2 aliphatic rings. The van der Waals surface area contributed by atoms with Crippen molar-refractivity contribution in [2.24, 2.45) is 5.92 Å². The zero-order chi connectivity index (χ0) is 27.0. The van der Waals surface area contributed by atoms with E-state index >= 15 is 0 Å². The standard InChI is InChI=1S/C29H36N6O4/c1-22-4-2-3-14-34(22)19-23-5-7-25(8-6-23)28(36)32-26-9-10-27(31-18-26)39-29(37)33-15-11-24(12-16-33)20-38-35-17-13-30-21-35/h5-10,13,17-18,21-22,24H,2-4,11-12,14-16,19-20H2,1H3,(H,32,36). The summed E-state index contributed by atoms with van der Waals surface area (Å²) >= 11 is 0. The zero-order valence-electron chi connectivity index (χ0n) is 22.4. The van der Waals surface area contributed by atoms with Gasteiger partial charge in [0.25, 0.3) is 5.91 Å². The number of hydrogen-bond donors (Lipinski definition) is 1. The third-order valence-corrected chi connectivity index (χ3v) is 7.54. The number of rotatable bonds is 8. The van der Waals surface area contributed by atoms with Crippen molar-refractivity contribution in [1.29, 1.82) is 0 Å². The highest BCUT2D eigenvalue weighted by molar-refractivity contribution is 6.04. The Kier molecular flexibility index (Phi) is 8.72. The van der Waals surface area contributed by atoms with Gasteiger partial charge in [-0.3, -0.25) is 9.69 Å². The summed E-state index contributed by atoms with van der Waals surface area (Å²) in [7, 11) is 0. The average Bonchev–Trinajstić information content (AvgIpc) is 3.49. The van der Waals surface area contributed by atoms with Gasteiger partial charge in [-0.15, -0.1) is 0 Å². The third-order valence-electron chi connectivity index (χ3n) is 7.54. The van der Waals surface area contributed by atoms with Crippen molar-refractivity contribution in [3.63, 3.8) is 0 Å². The molecule has 0 spiro atoms. The molecule has 1 N–H and O–H groups in total. The minimum Gasteiger partial charge on any atom is -0.413 e. The number of likely N-dealkylation sites (tertiary alicyclic amines) is 2. The van der Waals surface area contributed by atoms with Gasteiger partial charge in [-0.25, -0.2) is 14.8 Å². The summed E-state index contributed by atoms with van der Waals surface area (Å²) < 4.78 is 7.04. The van der Waals surface area contributed by atoms with E-state index in [0.29, 0.717) is 42.9 Å². The molecular formula is C29H36N6O4. The molecule has 206 valence electrons. The molecule has 10 nitrogen and oxygen atoms in total. The molecule has 5 rings (SSSR count). The number of piperidine rings is 2. The van der Waals surface area contributed by atoms with Crippen LogP contribution in [-0.4, -0.2) is 68.8 Å². The van der Waals surface area contributed by atoms with Crippen LogP contribution in [0, 0.1) is 5.92 Å². The summed E-state index contributed by atoms with van der Waals surface area (Å²) in [5.74, 6) is 0.353. The van der Waals surface area contributed by atoms with E-state index in [1.165, 1.54) is 31.0 Å². The summed E-state index contributed by atoms with van der Waals surface area (Å²) in [5.41, 5.74) is 2.32. The number of benzene rings is 1. The molecule has 0 radical (unpaired) electrons. The van der Waals surface area contributed by atoms with Crippen molar-refractivity contribution in [2.75, 3.05) is 31.6 Å². The Hall–Kier alpha value is -3.92. The molecule has 0 saturated carbocycles. The van der Waals surface area contributed by atoms with Crippen LogP contribution in [0.1, 0.15) is 54.9 Å². The number of ether oxygens (including phenoxy) is 1. The van der Waals surface area contributed by atoms with E-state index < -0.39 is 6.09 Å². The first-order chi connectivity index (χ1) is 19.0. The second-order valence-electron chi connectivity index (χ2n) is 10.4. The minimum absolute atomic E-state index is 0.194. The molecule has 4 heterocycles. The van der Waals surface area contributed by atoms with E-state index in [1.54, 1.807) is 40.5 Å².